The molecule has 0 amide bonds. The van der Waals surface area contributed by atoms with Crippen molar-refractivity contribution in [2.24, 2.45) is 5.73 Å². The van der Waals surface area contributed by atoms with Crippen molar-refractivity contribution in [2.75, 3.05) is 6.54 Å². The van der Waals surface area contributed by atoms with Crippen LogP contribution in [0.2, 0.25) is 0 Å². The van der Waals surface area contributed by atoms with Crippen LogP contribution in [0.25, 0.3) is 0 Å². The van der Waals surface area contributed by atoms with E-state index < -0.39 is 0 Å². The maximum atomic E-state index is 5.69. The van der Waals surface area contributed by atoms with Crippen molar-refractivity contribution in [1.29, 1.82) is 0 Å². The molecule has 1 aliphatic carbocycles. The maximum Gasteiger partial charge on any atom is 0.0154 e. The molecule has 0 saturated heterocycles. The molecule has 0 saturated carbocycles. The summed E-state index contributed by atoms with van der Waals surface area (Å²) in [7, 11) is 0. The van der Waals surface area contributed by atoms with E-state index in [0.29, 0.717) is 6.54 Å². The first kappa shape index (κ1) is 12.8. The van der Waals surface area contributed by atoms with Crippen LogP contribution in [-0.4, -0.2) is 6.54 Å². The normalized spacial score (nSPS) is 13.5. The molecule has 2 N–H and O–H groups in total. The van der Waals surface area contributed by atoms with Gasteiger partial charge in [0.25, 0.3) is 0 Å². The van der Waals surface area contributed by atoms with Crippen LogP contribution < -0.4 is 5.73 Å². The van der Waals surface area contributed by atoms with Gasteiger partial charge in [0.05, 0.1) is 0 Å². The molecule has 2 heteroatoms. The fourth-order valence-corrected chi connectivity index (χ4v) is 3.74. The lowest BCUT2D eigenvalue weighted by Gasteiger charge is -2.09. The minimum Gasteiger partial charge on any atom is -0.330 e. The van der Waals surface area contributed by atoms with Crippen LogP contribution >= 0.6 is 11.8 Å². The van der Waals surface area contributed by atoms with Crippen molar-refractivity contribution in [3.63, 3.8) is 0 Å². The van der Waals surface area contributed by atoms with Gasteiger partial charge in [-0.15, -0.1) is 0 Å². The van der Waals surface area contributed by atoms with Crippen LogP contribution in [0.1, 0.15) is 23.1 Å². The first-order chi connectivity index (χ1) is 9.36. The van der Waals surface area contributed by atoms with Crippen molar-refractivity contribution in [2.45, 2.75) is 35.5 Å². The molecular formula is C17H19NS. The second-order valence-electron chi connectivity index (χ2n) is 5.03. The molecule has 0 fully saturated rings. The Bertz CT molecular complexity index is 577. The Hall–Kier alpha value is -1.25. The fraction of sp³-hybridized carbons (Fsp3) is 0.294. The molecule has 0 unspecified atom stereocenters. The molecule has 0 heterocycles. The molecule has 2 aromatic carbocycles. The van der Waals surface area contributed by atoms with Gasteiger partial charge >= 0.3 is 0 Å². The Kier molecular flexibility index (Phi) is 3.90. The number of rotatable bonds is 4. The van der Waals surface area contributed by atoms with E-state index in [-0.39, 0.29) is 0 Å². The number of fused-ring (bicyclic) bond motifs is 1. The average Bonchev–Trinajstić information content (AvgIpc) is 2.89. The summed E-state index contributed by atoms with van der Waals surface area (Å²) < 4.78 is 0. The highest BCUT2D eigenvalue weighted by Crippen LogP contribution is 2.33. The molecule has 0 bridgehead atoms. The Morgan fingerprint density at radius 2 is 1.84 bits per heavy atom. The van der Waals surface area contributed by atoms with Crippen LogP contribution in [-0.2, 0) is 19.3 Å². The summed E-state index contributed by atoms with van der Waals surface area (Å²) in [5, 5.41) is 0. The minimum atomic E-state index is 0.710. The van der Waals surface area contributed by atoms with Crippen molar-refractivity contribution in [3.8, 4) is 0 Å². The molecule has 0 radical (unpaired) electrons. The molecule has 0 spiro atoms. The van der Waals surface area contributed by atoms with Crippen molar-refractivity contribution in [1.82, 2.24) is 0 Å². The third kappa shape index (κ3) is 2.85. The molecule has 0 aliphatic heterocycles. The zero-order valence-electron chi connectivity index (χ0n) is 11.1. The Morgan fingerprint density at radius 1 is 1.00 bits per heavy atom. The SMILES string of the molecule is NCCc1ccccc1Sc1ccc2c(c1)CCC2. The smallest absolute Gasteiger partial charge is 0.0154 e. The topological polar surface area (TPSA) is 26.0 Å². The van der Waals surface area contributed by atoms with E-state index in [1.807, 2.05) is 11.8 Å². The summed E-state index contributed by atoms with van der Waals surface area (Å²) >= 11 is 1.86. The maximum absolute atomic E-state index is 5.69. The van der Waals surface area contributed by atoms with Gasteiger partial charge in [-0.25, -0.2) is 0 Å². The highest BCUT2D eigenvalue weighted by molar-refractivity contribution is 7.99. The molecule has 2 aromatic rings. The highest BCUT2D eigenvalue weighted by atomic mass is 32.2. The monoisotopic (exact) mass is 269 g/mol. The first-order valence-electron chi connectivity index (χ1n) is 6.94. The van der Waals surface area contributed by atoms with Crippen molar-refractivity contribution < 1.29 is 0 Å². The third-order valence-corrected chi connectivity index (χ3v) is 4.79. The second kappa shape index (κ2) is 5.81. The van der Waals surface area contributed by atoms with Gasteiger partial charge in [-0.3, -0.25) is 0 Å². The van der Waals surface area contributed by atoms with Crippen LogP contribution in [0.3, 0.4) is 0 Å². The lowest BCUT2D eigenvalue weighted by molar-refractivity contribution is 0.911. The number of aryl methyl sites for hydroxylation is 2. The quantitative estimate of drug-likeness (QED) is 0.913. The Morgan fingerprint density at radius 3 is 2.74 bits per heavy atom. The van der Waals surface area contributed by atoms with E-state index in [4.69, 9.17) is 5.73 Å². The summed E-state index contributed by atoms with van der Waals surface area (Å²) in [6.07, 6.45) is 4.76. The summed E-state index contributed by atoms with van der Waals surface area (Å²) in [6.45, 7) is 0.710. The van der Waals surface area contributed by atoms with E-state index in [9.17, 15) is 0 Å². The van der Waals surface area contributed by atoms with Crippen LogP contribution in [0.4, 0.5) is 0 Å². The van der Waals surface area contributed by atoms with E-state index in [1.165, 1.54) is 34.6 Å². The fourth-order valence-electron chi connectivity index (χ4n) is 2.70. The van der Waals surface area contributed by atoms with Crippen LogP contribution in [0.5, 0.6) is 0 Å². The largest absolute Gasteiger partial charge is 0.330 e. The Labute approximate surface area is 119 Å². The summed E-state index contributed by atoms with van der Waals surface area (Å²) in [6, 6.07) is 15.5. The van der Waals surface area contributed by atoms with Crippen molar-refractivity contribution >= 4 is 11.8 Å². The van der Waals surface area contributed by atoms with Gasteiger partial charge in [-0.1, -0.05) is 36.0 Å². The van der Waals surface area contributed by atoms with Crippen LogP contribution in [0.15, 0.2) is 52.3 Å². The Balaban J connectivity index is 1.85. The van der Waals surface area contributed by atoms with E-state index in [1.54, 1.807) is 11.1 Å². The number of hydrogen-bond donors (Lipinski definition) is 1. The highest BCUT2D eigenvalue weighted by Gasteiger charge is 2.11. The predicted octanol–water partition coefficient (Wildman–Crippen LogP) is 3.83. The summed E-state index contributed by atoms with van der Waals surface area (Å²) in [5.74, 6) is 0. The molecule has 3 rings (SSSR count). The average molecular weight is 269 g/mol. The number of nitrogens with two attached hydrogens (primary N) is 1. The third-order valence-electron chi connectivity index (χ3n) is 3.68. The second-order valence-corrected chi connectivity index (χ2v) is 6.15. The zero-order chi connectivity index (χ0) is 13.1. The molecule has 1 nitrogen and oxygen atoms in total. The predicted molar refractivity (Wildman–Crippen MR) is 81.8 cm³/mol. The molecule has 1 aliphatic rings. The number of benzene rings is 2. The molecule has 19 heavy (non-hydrogen) atoms. The molecule has 0 atom stereocenters. The summed E-state index contributed by atoms with van der Waals surface area (Å²) in [5.41, 5.74) is 10.1. The number of hydrogen-bond acceptors (Lipinski definition) is 2. The van der Waals surface area contributed by atoms with E-state index >= 15 is 0 Å². The van der Waals surface area contributed by atoms with E-state index in [0.717, 1.165) is 6.42 Å². The lowest BCUT2D eigenvalue weighted by Crippen LogP contribution is -2.03. The first-order valence-corrected chi connectivity index (χ1v) is 7.76. The van der Waals surface area contributed by atoms with Gasteiger partial charge in [0.15, 0.2) is 0 Å². The van der Waals surface area contributed by atoms with Crippen molar-refractivity contribution in [3.05, 3.63) is 59.2 Å². The van der Waals surface area contributed by atoms with Gasteiger partial charge in [-0.2, -0.15) is 0 Å². The molecule has 98 valence electrons. The standard InChI is InChI=1S/C17H19NS/c18-11-10-14-4-1-2-7-17(14)19-16-9-8-13-5-3-6-15(13)12-16/h1-2,4,7-9,12H,3,5-6,10-11,18H2. The van der Waals surface area contributed by atoms with Gasteiger partial charge in [0.1, 0.15) is 0 Å². The zero-order valence-corrected chi connectivity index (χ0v) is 11.9. The van der Waals surface area contributed by atoms with E-state index in [2.05, 4.69) is 42.5 Å². The lowest BCUT2D eigenvalue weighted by atomic mass is 10.1. The summed E-state index contributed by atoms with van der Waals surface area (Å²) in [4.78, 5) is 2.69. The van der Waals surface area contributed by atoms with Gasteiger partial charge < -0.3 is 5.73 Å². The van der Waals surface area contributed by atoms with Gasteiger partial charge in [0.2, 0.25) is 0 Å². The molecule has 0 aromatic heterocycles. The minimum absolute atomic E-state index is 0.710. The van der Waals surface area contributed by atoms with Gasteiger partial charge in [-0.05, 0) is 67.1 Å². The van der Waals surface area contributed by atoms with Crippen LogP contribution in [0, 0.1) is 0 Å². The van der Waals surface area contributed by atoms with Gasteiger partial charge in [0, 0.05) is 9.79 Å². The molecular weight excluding hydrogens is 250 g/mol.